The second kappa shape index (κ2) is 10.6. The minimum atomic E-state index is -0.516. The summed E-state index contributed by atoms with van der Waals surface area (Å²) in [5, 5.41) is 0. The number of esters is 1. The van der Waals surface area contributed by atoms with Gasteiger partial charge in [0, 0.05) is 29.7 Å². The molecule has 1 saturated heterocycles. The van der Waals surface area contributed by atoms with Gasteiger partial charge in [-0.3, -0.25) is 0 Å². The molecule has 0 bridgehead atoms. The molecular formula is C31H26FNO3. The van der Waals surface area contributed by atoms with E-state index in [1.54, 1.807) is 24.3 Å². The van der Waals surface area contributed by atoms with Gasteiger partial charge in [-0.25, -0.2) is 9.18 Å². The van der Waals surface area contributed by atoms with Gasteiger partial charge < -0.3 is 14.4 Å². The molecule has 1 atom stereocenters. The summed E-state index contributed by atoms with van der Waals surface area (Å²) < 4.78 is 24.4. The number of anilines is 3. The van der Waals surface area contributed by atoms with E-state index in [1.807, 2.05) is 29.2 Å². The van der Waals surface area contributed by atoms with Gasteiger partial charge in [0.05, 0.1) is 6.10 Å². The van der Waals surface area contributed by atoms with E-state index in [2.05, 4.69) is 43.0 Å². The van der Waals surface area contributed by atoms with Gasteiger partial charge in [-0.15, -0.1) is 0 Å². The Hall–Kier alpha value is -4.22. The standard InChI is InChI=1S/C31H26FNO3/c1-2-31(34)36-29-17-15-28(16-18-29)33(27-13-9-25(32)10-14-27)26-11-7-24(8-12-26)23-5-3-22(4-6-23)21-30-19-20-35-30/h2-18,30H,1,19-21H2. The van der Waals surface area contributed by atoms with Crippen LogP contribution in [0.15, 0.2) is 110 Å². The van der Waals surface area contributed by atoms with Crippen LogP contribution in [0.25, 0.3) is 11.1 Å². The lowest BCUT2D eigenvalue weighted by molar-refractivity contribution is -0.128. The Kier molecular flexibility index (Phi) is 6.92. The molecule has 4 aromatic rings. The third kappa shape index (κ3) is 5.37. The van der Waals surface area contributed by atoms with Crippen molar-refractivity contribution >= 4 is 23.0 Å². The maximum Gasteiger partial charge on any atom is 0.335 e. The highest BCUT2D eigenvalue weighted by atomic mass is 19.1. The summed E-state index contributed by atoms with van der Waals surface area (Å²) in [5.41, 5.74) is 6.10. The summed E-state index contributed by atoms with van der Waals surface area (Å²) in [5.74, 6) is -0.392. The number of ether oxygens (including phenoxy) is 2. The molecule has 0 saturated carbocycles. The van der Waals surface area contributed by atoms with Crippen LogP contribution in [0.1, 0.15) is 12.0 Å². The smallest absolute Gasteiger partial charge is 0.335 e. The second-order valence-electron chi connectivity index (χ2n) is 8.66. The van der Waals surface area contributed by atoms with Crippen molar-refractivity contribution in [1.82, 2.24) is 0 Å². The summed E-state index contributed by atoms with van der Waals surface area (Å²) in [6, 6.07) is 30.4. The van der Waals surface area contributed by atoms with E-state index in [-0.39, 0.29) is 5.82 Å². The molecule has 1 aliphatic heterocycles. The number of carbonyl (C=O) groups is 1. The number of hydrogen-bond donors (Lipinski definition) is 0. The fourth-order valence-corrected chi connectivity index (χ4v) is 4.20. The third-order valence-corrected chi connectivity index (χ3v) is 6.23. The molecule has 1 fully saturated rings. The highest BCUT2D eigenvalue weighted by Gasteiger charge is 2.18. The number of benzene rings is 4. The normalized spacial score (nSPS) is 14.5. The molecule has 0 spiro atoms. The topological polar surface area (TPSA) is 38.8 Å². The van der Waals surface area contributed by atoms with E-state index in [0.29, 0.717) is 11.9 Å². The third-order valence-electron chi connectivity index (χ3n) is 6.23. The maximum atomic E-state index is 13.6. The molecule has 5 rings (SSSR count). The molecular weight excluding hydrogens is 453 g/mol. The average molecular weight is 480 g/mol. The summed E-state index contributed by atoms with van der Waals surface area (Å²) in [7, 11) is 0. The lowest BCUT2D eigenvalue weighted by Gasteiger charge is -2.26. The van der Waals surface area contributed by atoms with Gasteiger partial charge in [0.15, 0.2) is 0 Å². The zero-order valence-electron chi connectivity index (χ0n) is 19.8. The van der Waals surface area contributed by atoms with Crippen LogP contribution in [0.4, 0.5) is 21.5 Å². The highest BCUT2D eigenvalue weighted by Crippen LogP contribution is 2.36. The van der Waals surface area contributed by atoms with Gasteiger partial charge in [-0.1, -0.05) is 43.0 Å². The Balaban J connectivity index is 1.41. The summed E-state index contributed by atoms with van der Waals surface area (Å²) >= 11 is 0. The van der Waals surface area contributed by atoms with Crippen LogP contribution >= 0.6 is 0 Å². The summed E-state index contributed by atoms with van der Waals surface area (Å²) in [4.78, 5) is 13.5. The largest absolute Gasteiger partial charge is 0.423 e. The first kappa shape index (κ1) is 23.5. The van der Waals surface area contributed by atoms with Crippen LogP contribution < -0.4 is 9.64 Å². The second-order valence-corrected chi connectivity index (χ2v) is 8.66. The molecule has 0 amide bonds. The molecule has 1 unspecified atom stereocenters. The lowest BCUT2D eigenvalue weighted by atomic mass is 9.99. The van der Waals surface area contributed by atoms with Crippen molar-refractivity contribution in [3.05, 3.63) is 121 Å². The predicted molar refractivity (Wildman–Crippen MR) is 140 cm³/mol. The van der Waals surface area contributed by atoms with Crippen molar-refractivity contribution in [2.45, 2.75) is 18.9 Å². The average Bonchev–Trinajstić information content (AvgIpc) is 2.89. The number of rotatable bonds is 8. The van der Waals surface area contributed by atoms with E-state index in [9.17, 15) is 9.18 Å². The number of hydrogen-bond acceptors (Lipinski definition) is 4. The fourth-order valence-electron chi connectivity index (χ4n) is 4.20. The molecule has 0 aliphatic carbocycles. The molecule has 180 valence electrons. The van der Waals surface area contributed by atoms with Crippen LogP contribution in [0.3, 0.4) is 0 Å². The predicted octanol–water partition coefficient (Wildman–Crippen LogP) is 7.39. The van der Waals surface area contributed by atoms with Crippen LogP contribution in [-0.4, -0.2) is 18.7 Å². The first-order chi connectivity index (χ1) is 17.6. The van der Waals surface area contributed by atoms with Crippen LogP contribution in [0.5, 0.6) is 5.75 Å². The quantitative estimate of drug-likeness (QED) is 0.150. The van der Waals surface area contributed by atoms with E-state index >= 15 is 0 Å². The molecule has 0 aromatic heterocycles. The van der Waals surface area contributed by atoms with Gasteiger partial charge in [0.1, 0.15) is 11.6 Å². The Morgan fingerprint density at radius 3 is 1.86 bits per heavy atom. The minimum absolute atomic E-state index is 0.298. The molecule has 4 aromatic carbocycles. The Labute approximate surface area is 210 Å². The monoisotopic (exact) mass is 479 g/mol. The van der Waals surface area contributed by atoms with Crippen molar-refractivity contribution in [1.29, 1.82) is 0 Å². The van der Waals surface area contributed by atoms with E-state index in [4.69, 9.17) is 9.47 Å². The van der Waals surface area contributed by atoms with Gasteiger partial charge >= 0.3 is 5.97 Å². The highest BCUT2D eigenvalue weighted by molar-refractivity contribution is 5.84. The molecule has 0 radical (unpaired) electrons. The minimum Gasteiger partial charge on any atom is -0.423 e. The van der Waals surface area contributed by atoms with Gasteiger partial charge in [0.2, 0.25) is 0 Å². The number of halogens is 1. The Morgan fingerprint density at radius 1 is 0.861 bits per heavy atom. The maximum absolute atomic E-state index is 13.6. The van der Waals surface area contributed by atoms with Gasteiger partial charge in [-0.05, 0) is 90.2 Å². The number of carbonyl (C=O) groups excluding carboxylic acids is 1. The molecule has 1 heterocycles. The summed E-state index contributed by atoms with van der Waals surface area (Å²) in [6.45, 7) is 4.29. The van der Waals surface area contributed by atoms with Crippen molar-refractivity contribution in [3.63, 3.8) is 0 Å². The van der Waals surface area contributed by atoms with Gasteiger partial charge in [-0.2, -0.15) is 0 Å². The van der Waals surface area contributed by atoms with E-state index in [1.165, 1.54) is 17.7 Å². The zero-order chi connectivity index (χ0) is 24.9. The van der Waals surface area contributed by atoms with Crippen molar-refractivity contribution in [2.75, 3.05) is 11.5 Å². The molecule has 0 N–H and O–H groups in total. The summed E-state index contributed by atoms with van der Waals surface area (Å²) in [6.07, 6.45) is 3.57. The SMILES string of the molecule is C=CC(=O)Oc1ccc(N(c2ccc(F)cc2)c2ccc(-c3ccc(CC4CCO4)cc3)cc2)cc1. The van der Waals surface area contributed by atoms with Crippen molar-refractivity contribution in [3.8, 4) is 16.9 Å². The van der Waals surface area contributed by atoms with Gasteiger partial charge in [0.25, 0.3) is 0 Å². The van der Waals surface area contributed by atoms with Crippen molar-refractivity contribution in [2.24, 2.45) is 0 Å². The van der Waals surface area contributed by atoms with E-state index in [0.717, 1.165) is 53.7 Å². The first-order valence-electron chi connectivity index (χ1n) is 11.9. The number of nitrogens with zero attached hydrogens (tertiary/aromatic N) is 1. The first-order valence-corrected chi connectivity index (χ1v) is 11.9. The van der Waals surface area contributed by atoms with Crippen LogP contribution in [0, 0.1) is 5.82 Å². The van der Waals surface area contributed by atoms with Crippen LogP contribution in [0.2, 0.25) is 0 Å². The van der Waals surface area contributed by atoms with Crippen LogP contribution in [-0.2, 0) is 16.0 Å². The molecule has 4 nitrogen and oxygen atoms in total. The zero-order valence-corrected chi connectivity index (χ0v) is 19.8. The molecule has 1 aliphatic rings. The lowest BCUT2D eigenvalue weighted by Crippen LogP contribution is -2.28. The molecule has 36 heavy (non-hydrogen) atoms. The Morgan fingerprint density at radius 2 is 1.36 bits per heavy atom. The van der Waals surface area contributed by atoms with Crippen molar-refractivity contribution < 1.29 is 18.7 Å². The fraction of sp³-hybridized carbons (Fsp3) is 0.129. The molecule has 5 heteroatoms. The van der Waals surface area contributed by atoms with E-state index < -0.39 is 5.97 Å². The Bertz CT molecular complexity index is 1330.